The minimum absolute atomic E-state index is 0.0628. The Kier molecular flexibility index (Phi) is 3.48. The lowest BCUT2D eigenvalue weighted by Crippen LogP contribution is -2.47. The second-order valence-corrected chi connectivity index (χ2v) is 4.55. The summed E-state index contributed by atoms with van der Waals surface area (Å²) in [6.45, 7) is 3.94. The molecule has 0 unspecified atom stereocenters. The second-order valence-electron chi connectivity index (χ2n) is 4.55. The predicted molar refractivity (Wildman–Crippen MR) is 54.7 cm³/mol. The van der Waals surface area contributed by atoms with Crippen LogP contribution in [0.2, 0.25) is 0 Å². The first-order chi connectivity index (χ1) is 6.10. The Hall–Kier alpha value is -0.370. The SMILES string of the molecule is CN[C@H](C(C)=O)C1(C)CCCCC1. The van der Waals surface area contributed by atoms with E-state index in [9.17, 15) is 4.79 Å². The molecule has 0 amide bonds. The van der Waals surface area contributed by atoms with Crippen LogP contribution in [0, 0.1) is 5.41 Å². The van der Waals surface area contributed by atoms with Crippen molar-refractivity contribution in [3.8, 4) is 0 Å². The van der Waals surface area contributed by atoms with Crippen molar-refractivity contribution >= 4 is 5.78 Å². The molecule has 1 fully saturated rings. The molecule has 0 aromatic rings. The van der Waals surface area contributed by atoms with Gasteiger partial charge in [0.1, 0.15) is 5.78 Å². The number of nitrogens with one attached hydrogen (secondary N) is 1. The molecule has 1 rings (SSSR count). The first-order valence-corrected chi connectivity index (χ1v) is 5.28. The third kappa shape index (κ3) is 2.31. The highest BCUT2D eigenvalue weighted by molar-refractivity contribution is 5.82. The van der Waals surface area contributed by atoms with Gasteiger partial charge in [0.25, 0.3) is 0 Å². The summed E-state index contributed by atoms with van der Waals surface area (Å²) in [4.78, 5) is 11.4. The first-order valence-electron chi connectivity index (χ1n) is 5.28. The van der Waals surface area contributed by atoms with Crippen LogP contribution in [0.5, 0.6) is 0 Å². The minimum atomic E-state index is 0.0628. The lowest BCUT2D eigenvalue weighted by molar-refractivity contribution is -0.122. The first kappa shape index (κ1) is 10.7. The number of rotatable bonds is 3. The van der Waals surface area contributed by atoms with E-state index in [4.69, 9.17) is 0 Å². The van der Waals surface area contributed by atoms with Crippen molar-refractivity contribution in [2.45, 2.75) is 52.0 Å². The molecule has 0 aliphatic heterocycles. The van der Waals surface area contributed by atoms with Gasteiger partial charge in [-0.1, -0.05) is 26.2 Å². The summed E-state index contributed by atoms with van der Waals surface area (Å²) in [6, 6.07) is 0.0628. The van der Waals surface area contributed by atoms with Crippen LogP contribution in [0.1, 0.15) is 46.0 Å². The van der Waals surface area contributed by atoms with Gasteiger partial charge >= 0.3 is 0 Å². The van der Waals surface area contributed by atoms with Crippen molar-refractivity contribution in [1.82, 2.24) is 5.32 Å². The molecular weight excluding hydrogens is 162 g/mol. The molecule has 0 spiro atoms. The van der Waals surface area contributed by atoms with E-state index in [-0.39, 0.29) is 17.2 Å². The quantitative estimate of drug-likeness (QED) is 0.726. The van der Waals surface area contributed by atoms with Crippen LogP contribution in [0.3, 0.4) is 0 Å². The van der Waals surface area contributed by atoms with Crippen LogP contribution in [-0.2, 0) is 4.79 Å². The Morgan fingerprint density at radius 2 is 1.85 bits per heavy atom. The smallest absolute Gasteiger partial charge is 0.147 e. The maximum Gasteiger partial charge on any atom is 0.147 e. The van der Waals surface area contributed by atoms with Crippen LogP contribution in [-0.4, -0.2) is 18.9 Å². The maximum absolute atomic E-state index is 11.4. The van der Waals surface area contributed by atoms with Gasteiger partial charge in [0, 0.05) is 0 Å². The predicted octanol–water partition coefficient (Wildman–Crippen LogP) is 2.13. The molecule has 0 bridgehead atoms. The molecule has 0 aromatic heterocycles. The van der Waals surface area contributed by atoms with E-state index >= 15 is 0 Å². The fraction of sp³-hybridized carbons (Fsp3) is 0.909. The zero-order valence-corrected chi connectivity index (χ0v) is 9.02. The molecular formula is C11H21NO. The fourth-order valence-electron chi connectivity index (χ4n) is 2.69. The number of carbonyl (C=O) groups is 1. The number of ketones is 1. The summed E-state index contributed by atoms with van der Waals surface area (Å²) in [5, 5.41) is 3.16. The topological polar surface area (TPSA) is 29.1 Å². The summed E-state index contributed by atoms with van der Waals surface area (Å²) in [7, 11) is 1.89. The summed E-state index contributed by atoms with van der Waals surface area (Å²) in [5.74, 6) is 0.284. The van der Waals surface area contributed by atoms with Gasteiger partial charge < -0.3 is 5.32 Å². The van der Waals surface area contributed by atoms with Crippen molar-refractivity contribution in [2.75, 3.05) is 7.05 Å². The van der Waals surface area contributed by atoms with Crippen LogP contribution >= 0.6 is 0 Å². The van der Waals surface area contributed by atoms with Crippen LogP contribution in [0.25, 0.3) is 0 Å². The van der Waals surface area contributed by atoms with Gasteiger partial charge in [-0.25, -0.2) is 0 Å². The Bertz CT molecular complexity index is 183. The zero-order chi connectivity index (χ0) is 9.90. The highest BCUT2D eigenvalue weighted by Gasteiger charge is 2.36. The van der Waals surface area contributed by atoms with E-state index in [1.807, 2.05) is 7.05 Å². The van der Waals surface area contributed by atoms with E-state index in [0.29, 0.717) is 0 Å². The monoisotopic (exact) mass is 183 g/mol. The lowest BCUT2D eigenvalue weighted by atomic mass is 9.69. The second kappa shape index (κ2) is 4.23. The molecule has 1 N–H and O–H groups in total. The highest BCUT2D eigenvalue weighted by atomic mass is 16.1. The Morgan fingerprint density at radius 3 is 2.23 bits per heavy atom. The molecule has 2 heteroatoms. The van der Waals surface area contributed by atoms with Gasteiger partial charge in [0.05, 0.1) is 6.04 Å². The van der Waals surface area contributed by atoms with Crippen LogP contribution < -0.4 is 5.32 Å². The zero-order valence-electron chi connectivity index (χ0n) is 9.02. The Morgan fingerprint density at radius 1 is 1.31 bits per heavy atom. The molecule has 76 valence electrons. The van der Waals surface area contributed by atoms with E-state index < -0.39 is 0 Å². The van der Waals surface area contributed by atoms with Gasteiger partial charge in [-0.2, -0.15) is 0 Å². The maximum atomic E-state index is 11.4. The number of carbonyl (C=O) groups excluding carboxylic acids is 1. The normalized spacial score (nSPS) is 23.9. The van der Waals surface area contributed by atoms with Gasteiger partial charge in [0.15, 0.2) is 0 Å². The molecule has 0 heterocycles. The third-order valence-corrected chi connectivity index (χ3v) is 3.39. The van der Waals surface area contributed by atoms with Gasteiger partial charge in [-0.3, -0.25) is 4.79 Å². The molecule has 1 aliphatic rings. The van der Waals surface area contributed by atoms with Crippen molar-refractivity contribution in [3.05, 3.63) is 0 Å². The van der Waals surface area contributed by atoms with Crippen LogP contribution in [0.15, 0.2) is 0 Å². The van der Waals surface area contributed by atoms with E-state index in [0.717, 1.165) is 0 Å². The molecule has 1 aliphatic carbocycles. The molecule has 0 saturated heterocycles. The Labute approximate surface area is 81.1 Å². The van der Waals surface area contributed by atoms with Crippen molar-refractivity contribution in [3.63, 3.8) is 0 Å². The summed E-state index contributed by atoms with van der Waals surface area (Å²) >= 11 is 0. The molecule has 1 saturated carbocycles. The summed E-state index contributed by atoms with van der Waals surface area (Å²) in [6.07, 6.45) is 6.28. The van der Waals surface area contributed by atoms with Gasteiger partial charge in [-0.15, -0.1) is 0 Å². The van der Waals surface area contributed by atoms with Crippen molar-refractivity contribution in [2.24, 2.45) is 5.41 Å². The van der Waals surface area contributed by atoms with E-state index in [2.05, 4.69) is 12.2 Å². The van der Waals surface area contributed by atoms with Crippen molar-refractivity contribution < 1.29 is 4.79 Å². The van der Waals surface area contributed by atoms with Gasteiger partial charge in [-0.05, 0) is 32.2 Å². The van der Waals surface area contributed by atoms with E-state index in [1.54, 1.807) is 6.92 Å². The molecule has 13 heavy (non-hydrogen) atoms. The largest absolute Gasteiger partial charge is 0.310 e. The number of hydrogen-bond acceptors (Lipinski definition) is 2. The lowest BCUT2D eigenvalue weighted by Gasteiger charge is -2.39. The van der Waals surface area contributed by atoms with Crippen LogP contribution in [0.4, 0.5) is 0 Å². The summed E-state index contributed by atoms with van der Waals surface area (Å²) in [5.41, 5.74) is 0.207. The molecule has 0 aromatic carbocycles. The molecule has 0 radical (unpaired) electrons. The number of hydrogen-bond donors (Lipinski definition) is 1. The molecule has 1 atom stereocenters. The molecule has 2 nitrogen and oxygen atoms in total. The van der Waals surface area contributed by atoms with Crippen molar-refractivity contribution in [1.29, 1.82) is 0 Å². The number of Topliss-reactive ketones (excluding diaryl/α,β-unsaturated/α-hetero) is 1. The average Bonchev–Trinajstić information content (AvgIpc) is 2.05. The standard InChI is InChI=1S/C11H21NO/c1-9(13)10(12-3)11(2)7-5-4-6-8-11/h10,12H,4-8H2,1-3H3/t10-/m1/s1. The summed E-state index contributed by atoms with van der Waals surface area (Å²) < 4.78 is 0. The van der Waals surface area contributed by atoms with Gasteiger partial charge in [0.2, 0.25) is 0 Å². The highest BCUT2D eigenvalue weighted by Crippen LogP contribution is 2.38. The third-order valence-electron chi connectivity index (χ3n) is 3.39. The Balaban J connectivity index is 2.68. The number of likely N-dealkylation sites (N-methyl/N-ethyl adjacent to an activating group) is 1. The minimum Gasteiger partial charge on any atom is -0.310 e. The average molecular weight is 183 g/mol. The van der Waals surface area contributed by atoms with E-state index in [1.165, 1.54) is 32.1 Å². The fourth-order valence-corrected chi connectivity index (χ4v) is 2.69.